The van der Waals surface area contributed by atoms with E-state index in [1.807, 2.05) is 60.7 Å². The molecule has 2 fully saturated rings. The Hall–Kier alpha value is -2.51. The van der Waals surface area contributed by atoms with Gasteiger partial charge >= 0.3 is 0 Å². The third-order valence-electron chi connectivity index (χ3n) is 6.92. The lowest BCUT2D eigenvalue weighted by atomic mass is 9.60. The quantitative estimate of drug-likeness (QED) is 0.629. The first-order valence-corrected chi connectivity index (χ1v) is 12.0. The molecule has 7 heteroatoms. The molecule has 4 rings (SSSR count). The van der Waals surface area contributed by atoms with E-state index in [1.54, 1.807) is 0 Å². The molecule has 0 aromatic heterocycles. The lowest BCUT2D eigenvalue weighted by molar-refractivity contribution is -0.155. The third-order valence-corrected chi connectivity index (χ3v) is 7.64. The van der Waals surface area contributed by atoms with Crippen molar-refractivity contribution in [3.63, 3.8) is 0 Å². The highest BCUT2D eigenvalue weighted by molar-refractivity contribution is 7.80. The maximum absolute atomic E-state index is 13.8. The number of Topliss-reactive ketones (excluding diaryl/α,β-unsaturated/α-hetero) is 1. The van der Waals surface area contributed by atoms with Crippen LogP contribution in [0.2, 0.25) is 0 Å². The number of carbonyl (C=O) groups excluding carboxylic acids is 1. The van der Waals surface area contributed by atoms with Crippen LogP contribution in [0, 0.1) is 10.8 Å². The highest BCUT2D eigenvalue weighted by Crippen LogP contribution is 2.46. The molecule has 2 aromatic carbocycles. The second-order valence-corrected chi connectivity index (χ2v) is 9.67. The minimum Gasteiger partial charge on any atom is -0.347 e. The van der Waals surface area contributed by atoms with Crippen molar-refractivity contribution in [1.82, 2.24) is 9.80 Å². The van der Waals surface area contributed by atoms with Crippen LogP contribution in [0.5, 0.6) is 0 Å². The van der Waals surface area contributed by atoms with Gasteiger partial charge in [-0.1, -0.05) is 50.2 Å². The van der Waals surface area contributed by atoms with Gasteiger partial charge in [-0.3, -0.25) is 4.79 Å². The Kier molecular flexibility index (Phi) is 6.49. The molecule has 2 aliphatic heterocycles. The minimum atomic E-state index is -0.503. The predicted molar refractivity (Wildman–Crippen MR) is 139 cm³/mol. The fraction of sp³-hybridized carbons (Fsp3) is 0.400. The van der Waals surface area contributed by atoms with E-state index >= 15 is 0 Å². The number of likely N-dealkylation sites (tertiary alicyclic amines) is 2. The topological polar surface area (TPSA) is 47.6 Å². The molecule has 5 nitrogen and oxygen atoms in total. The van der Waals surface area contributed by atoms with E-state index in [0.717, 1.165) is 24.2 Å². The summed E-state index contributed by atoms with van der Waals surface area (Å²) in [7, 11) is 0. The molecule has 0 saturated carbocycles. The molecule has 2 bridgehead atoms. The standard InChI is InChI=1S/C25H30N4OS2/c1-3-24-15-28(22(31)26-19-11-7-5-8-12-19)17-25(4-2,21(24)30)18-29(16-24)23(32)27-20-13-9-6-10-14-20/h5-14H,3-4,15-18H2,1-2H3,(H,26,31)(H,27,32). The molecule has 0 radical (unpaired) electrons. The highest BCUT2D eigenvalue weighted by atomic mass is 32.1. The number of thiocarbonyl (C=S) groups is 2. The molecule has 2 aromatic rings. The van der Waals surface area contributed by atoms with Crippen LogP contribution in [0.25, 0.3) is 0 Å². The van der Waals surface area contributed by atoms with Crippen molar-refractivity contribution in [2.75, 3.05) is 36.8 Å². The van der Waals surface area contributed by atoms with Gasteiger partial charge in [0, 0.05) is 37.6 Å². The van der Waals surface area contributed by atoms with Crippen molar-refractivity contribution < 1.29 is 4.79 Å². The molecule has 0 amide bonds. The van der Waals surface area contributed by atoms with Crippen molar-refractivity contribution in [2.45, 2.75) is 26.7 Å². The zero-order chi connectivity index (χ0) is 22.8. The number of anilines is 2. The summed E-state index contributed by atoms with van der Waals surface area (Å²) in [5.74, 6) is 0.368. The van der Waals surface area contributed by atoms with Gasteiger partial charge in [0.25, 0.3) is 0 Å². The summed E-state index contributed by atoms with van der Waals surface area (Å²) < 4.78 is 0. The first-order valence-electron chi connectivity index (χ1n) is 11.2. The van der Waals surface area contributed by atoms with Crippen molar-refractivity contribution in [1.29, 1.82) is 0 Å². The number of rotatable bonds is 4. The molecule has 2 aliphatic rings. The summed E-state index contributed by atoms with van der Waals surface area (Å²) in [6.45, 7) is 6.63. The van der Waals surface area contributed by atoms with Gasteiger partial charge < -0.3 is 20.4 Å². The van der Waals surface area contributed by atoms with E-state index in [-0.39, 0.29) is 0 Å². The Morgan fingerprint density at radius 2 is 1.09 bits per heavy atom. The average Bonchev–Trinajstić information content (AvgIpc) is 2.80. The first kappa shape index (κ1) is 22.7. The van der Waals surface area contributed by atoms with Crippen LogP contribution in [-0.2, 0) is 4.79 Å². The largest absolute Gasteiger partial charge is 0.347 e. The number of piperidine rings is 2. The number of benzene rings is 2. The third kappa shape index (κ3) is 4.24. The van der Waals surface area contributed by atoms with Gasteiger partial charge in [-0.2, -0.15) is 0 Å². The van der Waals surface area contributed by atoms with Crippen LogP contribution in [0.1, 0.15) is 26.7 Å². The van der Waals surface area contributed by atoms with Crippen LogP contribution in [0.4, 0.5) is 11.4 Å². The molecular weight excluding hydrogens is 436 g/mol. The number of nitrogens with one attached hydrogen (secondary N) is 2. The van der Waals surface area contributed by atoms with Gasteiger partial charge in [-0.05, 0) is 61.5 Å². The molecular formula is C25H30N4OS2. The summed E-state index contributed by atoms with van der Waals surface area (Å²) in [5, 5.41) is 8.08. The van der Waals surface area contributed by atoms with E-state index in [2.05, 4.69) is 34.3 Å². The maximum Gasteiger partial charge on any atom is 0.173 e. The molecule has 0 unspecified atom stereocenters. The van der Waals surface area contributed by atoms with E-state index in [4.69, 9.17) is 24.4 Å². The number of hydrogen-bond donors (Lipinski definition) is 2. The maximum atomic E-state index is 13.8. The summed E-state index contributed by atoms with van der Waals surface area (Å²) in [6, 6.07) is 19.9. The zero-order valence-electron chi connectivity index (χ0n) is 18.6. The van der Waals surface area contributed by atoms with Crippen LogP contribution in [0.3, 0.4) is 0 Å². The smallest absolute Gasteiger partial charge is 0.173 e. The molecule has 2 heterocycles. The van der Waals surface area contributed by atoms with Crippen LogP contribution in [-0.4, -0.2) is 52.0 Å². The van der Waals surface area contributed by atoms with Gasteiger partial charge in [-0.15, -0.1) is 0 Å². The summed E-state index contributed by atoms with van der Waals surface area (Å²) in [6.07, 6.45) is 1.50. The summed E-state index contributed by atoms with van der Waals surface area (Å²) >= 11 is 11.6. The Balaban J connectivity index is 1.57. The van der Waals surface area contributed by atoms with Crippen molar-refractivity contribution in [2.24, 2.45) is 10.8 Å². The van der Waals surface area contributed by atoms with E-state index in [9.17, 15) is 4.79 Å². The Bertz CT molecular complexity index is 904. The monoisotopic (exact) mass is 466 g/mol. The fourth-order valence-electron chi connectivity index (χ4n) is 5.03. The normalized spacial score (nSPS) is 24.8. The van der Waals surface area contributed by atoms with Gasteiger partial charge in [-0.25, -0.2) is 0 Å². The minimum absolute atomic E-state index is 0.368. The number of hydrogen-bond acceptors (Lipinski definition) is 3. The number of carbonyl (C=O) groups is 1. The molecule has 0 atom stereocenters. The van der Waals surface area contributed by atoms with Gasteiger partial charge in [0.2, 0.25) is 0 Å². The van der Waals surface area contributed by atoms with Crippen molar-refractivity contribution in [3.05, 3.63) is 60.7 Å². The summed E-state index contributed by atoms with van der Waals surface area (Å²) in [4.78, 5) is 18.2. The van der Waals surface area contributed by atoms with Crippen molar-refractivity contribution in [3.8, 4) is 0 Å². The molecule has 0 spiro atoms. The molecule has 168 valence electrons. The fourth-order valence-corrected chi connectivity index (χ4v) is 5.52. The van der Waals surface area contributed by atoms with Gasteiger partial charge in [0.05, 0.1) is 10.8 Å². The van der Waals surface area contributed by atoms with E-state index in [1.165, 1.54) is 0 Å². The predicted octanol–water partition coefficient (Wildman–Crippen LogP) is 4.77. The number of fused-ring (bicyclic) bond motifs is 2. The molecule has 0 aliphatic carbocycles. The number of nitrogens with zero attached hydrogens (tertiary/aromatic N) is 2. The van der Waals surface area contributed by atoms with Crippen LogP contribution < -0.4 is 10.6 Å². The lowest BCUT2D eigenvalue weighted by Crippen LogP contribution is -2.71. The van der Waals surface area contributed by atoms with Gasteiger partial charge in [0.1, 0.15) is 0 Å². The lowest BCUT2D eigenvalue weighted by Gasteiger charge is -2.58. The Morgan fingerprint density at radius 1 is 0.750 bits per heavy atom. The Labute approximate surface area is 201 Å². The summed E-state index contributed by atoms with van der Waals surface area (Å²) in [5.41, 5.74) is 0.922. The Morgan fingerprint density at radius 3 is 1.41 bits per heavy atom. The highest BCUT2D eigenvalue weighted by Gasteiger charge is 2.59. The number of ketones is 1. The SMILES string of the molecule is CCC12CN(C(=S)Nc3ccccc3)CC(CC)(CN(C(=S)Nc3ccccc3)C1)C2=O. The number of para-hydroxylation sites is 2. The van der Waals surface area contributed by atoms with Gasteiger partial charge in [0.15, 0.2) is 16.0 Å². The van der Waals surface area contributed by atoms with Crippen LogP contribution >= 0.6 is 24.4 Å². The zero-order valence-corrected chi connectivity index (χ0v) is 20.3. The van der Waals surface area contributed by atoms with Crippen molar-refractivity contribution >= 4 is 51.8 Å². The molecule has 2 N–H and O–H groups in total. The second-order valence-electron chi connectivity index (χ2n) is 8.90. The van der Waals surface area contributed by atoms with E-state index in [0.29, 0.717) is 42.2 Å². The average molecular weight is 467 g/mol. The molecule has 32 heavy (non-hydrogen) atoms. The van der Waals surface area contributed by atoms with Crippen LogP contribution in [0.15, 0.2) is 60.7 Å². The van der Waals surface area contributed by atoms with E-state index < -0.39 is 10.8 Å². The first-order chi connectivity index (χ1) is 15.4. The molecule has 2 saturated heterocycles. The second kappa shape index (κ2) is 9.16.